The first-order chi connectivity index (χ1) is 13.4. The third kappa shape index (κ3) is 3.12. The molecule has 7 nitrogen and oxygen atoms in total. The minimum Gasteiger partial charge on any atom is -0.387 e. The number of aryl methyl sites for hydroxylation is 2. The molecular weight excluding hydrogens is 360 g/mol. The molecule has 7 heteroatoms. The Morgan fingerprint density at radius 3 is 2.36 bits per heavy atom. The molecule has 1 saturated heterocycles. The third-order valence-corrected chi connectivity index (χ3v) is 5.31. The molecule has 0 saturated carbocycles. The lowest BCUT2D eigenvalue weighted by Crippen LogP contribution is -2.37. The molecular formula is C21H22N2O5. The van der Waals surface area contributed by atoms with Crippen LogP contribution in [0.25, 0.3) is 22.3 Å². The zero-order valence-corrected chi connectivity index (χ0v) is 15.6. The fraction of sp³-hybridized carbons (Fsp3) is 0.333. The van der Waals surface area contributed by atoms with E-state index >= 15 is 0 Å². The summed E-state index contributed by atoms with van der Waals surface area (Å²) in [5.74, 6) is 0. The highest BCUT2D eigenvalue weighted by atomic mass is 16.6. The van der Waals surface area contributed by atoms with Gasteiger partial charge < -0.3 is 24.6 Å². The van der Waals surface area contributed by atoms with E-state index in [2.05, 4.69) is 4.98 Å². The van der Waals surface area contributed by atoms with Crippen molar-refractivity contribution in [2.45, 2.75) is 45.0 Å². The molecule has 0 bridgehead atoms. The molecule has 1 aromatic heterocycles. The van der Waals surface area contributed by atoms with Gasteiger partial charge in [0.25, 0.3) is 5.56 Å². The summed E-state index contributed by atoms with van der Waals surface area (Å²) >= 11 is 0. The normalized spacial score (nSPS) is 24.8. The summed E-state index contributed by atoms with van der Waals surface area (Å²) in [5.41, 5.74) is 3.97. The van der Waals surface area contributed by atoms with Gasteiger partial charge in [0.1, 0.15) is 24.0 Å². The summed E-state index contributed by atoms with van der Waals surface area (Å²) in [6.45, 7) is 3.91. The number of nitrogens with zero attached hydrogens (tertiary/aromatic N) is 2. The van der Waals surface area contributed by atoms with Crippen molar-refractivity contribution in [2.24, 2.45) is 0 Å². The lowest BCUT2D eigenvalue weighted by molar-refractivity contribution is -0.128. The topological polar surface area (TPSA) is 105 Å². The lowest BCUT2D eigenvalue weighted by atomic mass is 10.1. The van der Waals surface area contributed by atoms with E-state index in [-0.39, 0.29) is 12.1 Å². The van der Waals surface area contributed by atoms with Gasteiger partial charge in [-0.2, -0.15) is 0 Å². The van der Waals surface area contributed by atoms with Crippen LogP contribution in [0.5, 0.6) is 0 Å². The van der Waals surface area contributed by atoms with Crippen LogP contribution in [0.15, 0.2) is 47.3 Å². The number of benzene rings is 2. The fourth-order valence-corrected chi connectivity index (χ4v) is 3.52. The Morgan fingerprint density at radius 2 is 1.71 bits per heavy atom. The first kappa shape index (κ1) is 18.8. The minimum atomic E-state index is -1.48. The van der Waals surface area contributed by atoms with Crippen LogP contribution in [-0.2, 0) is 11.3 Å². The Hall–Kier alpha value is -2.58. The summed E-state index contributed by atoms with van der Waals surface area (Å²) < 4.78 is 6.76. The van der Waals surface area contributed by atoms with Crippen LogP contribution in [0.1, 0.15) is 11.1 Å². The maximum atomic E-state index is 13.3. The molecule has 3 aromatic rings. The number of hydrogen-bond donors (Lipinski definition) is 3. The van der Waals surface area contributed by atoms with Gasteiger partial charge >= 0.3 is 0 Å². The van der Waals surface area contributed by atoms with E-state index in [1.165, 1.54) is 4.57 Å². The van der Waals surface area contributed by atoms with Crippen LogP contribution >= 0.6 is 0 Å². The minimum absolute atomic E-state index is 0.0184. The van der Waals surface area contributed by atoms with Gasteiger partial charge in [-0.3, -0.25) is 4.79 Å². The maximum absolute atomic E-state index is 13.3. The molecule has 146 valence electrons. The molecule has 1 fully saturated rings. The second kappa shape index (κ2) is 7.10. The summed E-state index contributed by atoms with van der Waals surface area (Å²) in [7, 11) is 0. The highest BCUT2D eigenvalue weighted by Gasteiger charge is 2.42. The van der Waals surface area contributed by atoms with Crippen LogP contribution < -0.4 is 5.56 Å². The van der Waals surface area contributed by atoms with Gasteiger partial charge in [0.05, 0.1) is 17.6 Å². The third-order valence-electron chi connectivity index (χ3n) is 5.31. The average molecular weight is 382 g/mol. The van der Waals surface area contributed by atoms with Gasteiger partial charge in [0, 0.05) is 5.56 Å². The number of fused-ring (bicyclic) bond motifs is 1. The Bertz CT molecular complexity index is 1080. The van der Waals surface area contributed by atoms with E-state index in [4.69, 9.17) is 4.74 Å². The molecule has 28 heavy (non-hydrogen) atoms. The monoisotopic (exact) mass is 382 g/mol. The molecule has 1 aliphatic rings. The number of rotatable bonds is 3. The van der Waals surface area contributed by atoms with Gasteiger partial charge in [-0.25, -0.2) is 4.98 Å². The van der Waals surface area contributed by atoms with Crippen molar-refractivity contribution >= 4 is 11.0 Å². The molecule has 0 amide bonds. The van der Waals surface area contributed by atoms with Gasteiger partial charge in [-0.15, -0.1) is 0 Å². The zero-order valence-electron chi connectivity index (χ0n) is 15.6. The van der Waals surface area contributed by atoms with E-state index < -0.39 is 24.6 Å². The van der Waals surface area contributed by atoms with Crippen molar-refractivity contribution in [3.05, 3.63) is 63.9 Å². The van der Waals surface area contributed by atoms with E-state index in [0.29, 0.717) is 22.3 Å². The van der Waals surface area contributed by atoms with Crippen molar-refractivity contribution in [1.29, 1.82) is 0 Å². The molecule has 2 heterocycles. The summed E-state index contributed by atoms with van der Waals surface area (Å²) in [6, 6.07) is 13.0. The average Bonchev–Trinajstić information content (AvgIpc) is 2.93. The van der Waals surface area contributed by atoms with Gasteiger partial charge in [0.15, 0.2) is 6.29 Å². The predicted molar refractivity (Wildman–Crippen MR) is 104 cm³/mol. The highest BCUT2D eigenvalue weighted by Crippen LogP contribution is 2.24. The molecule has 0 aliphatic carbocycles. The molecule has 2 aromatic carbocycles. The van der Waals surface area contributed by atoms with Gasteiger partial charge in [0.2, 0.25) is 0 Å². The van der Waals surface area contributed by atoms with Gasteiger partial charge in [-0.1, -0.05) is 30.3 Å². The van der Waals surface area contributed by atoms with Crippen LogP contribution in [-0.4, -0.2) is 49.5 Å². The van der Waals surface area contributed by atoms with Gasteiger partial charge in [-0.05, 0) is 37.1 Å². The van der Waals surface area contributed by atoms with E-state index in [9.17, 15) is 20.1 Å². The molecule has 0 unspecified atom stereocenters. The molecule has 1 aliphatic heterocycles. The Morgan fingerprint density at radius 1 is 1.04 bits per heavy atom. The lowest BCUT2D eigenvalue weighted by Gasteiger charge is -2.19. The fourth-order valence-electron chi connectivity index (χ4n) is 3.52. The predicted octanol–water partition coefficient (Wildman–Crippen LogP) is 1.12. The molecule has 0 radical (unpaired) electrons. The molecule has 4 rings (SSSR count). The largest absolute Gasteiger partial charge is 0.387 e. The number of aliphatic hydroxyl groups is 3. The number of aliphatic hydroxyl groups excluding tert-OH is 3. The smallest absolute Gasteiger partial charge is 0.277 e. The van der Waals surface area contributed by atoms with Crippen LogP contribution in [0.2, 0.25) is 0 Å². The van der Waals surface area contributed by atoms with Crippen molar-refractivity contribution in [2.75, 3.05) is 0 Å². The summed E-state index contributed by atoms with van der Waals surface area (Å²) in [6.07, 6.45) is -5.11. The zero-order chi connectivity index (χ0) is 20.0. The molecule has 0 spiro atoms. The first-order valence-electron chi connectivity index (χ1n) is 9.13. The number of aromatic nitrogens is 2. The van der Waals surface area contributed by atoms with Crippen molar-refractivity contribution in [3.8, 4) is 11.3 Å². The Kier molecular flexibility index (Phi) is 4.76. The van der Waals surface area contributed by atoms with Crippen LogP contribution in [0.4, 0.5) is 0 Å². The molecule has 4 atom stereocenters. The van der Waals surface area contributed by atoms with Crippen molar-refractivity contribution in [1.82, 2.24) is 9.55 Å². The second-order valence-electron chi connectivity index (χ2n) is 7.21. The van der Waals surface area contributed by atoms with Crippen LogP contribution in [0, 0.1) is 13.8 Å². The standard InChI is InChI=1S/C21H22N2O5/c1-11-8-14-15(9-12(11)2)23(10-16-18(24)19(25)21(27)28-16)20(26)17(22-14)13-6-4-3-5-7-13/h3-9,16,18-19,21,24-25,27H,10H2,1-2H3/t16-,18-,19-,21-/m1/s1. The Labute approximate surface area is 161 Å². The number of ether oxygens (including phenoxy) is 1. The van der Waals surface area contributed by atoms with E-state index in [0.717, 1.165) is 11.1 Å². The molecule has 3 N–H and O–H groups in total. The highest BCUT2D eigenvalue weighted by molar-refractivity contribution is 5.79. The Balaban J connectivity index is 1.91. The SMILES string of the molecule is Cc1cc2nc(-c3ccccc3)c(=O)n(C[C@H]3O[C@@H](O)[C@H](O)[C@@H]3O)c2cc1C. The quantitative estimate of drug-likeness (QED) is 0.627. The number of hydrogen-bond acceptors (Lipinski definition) is 6. The van der Waals surface area contributed by atoms with E-state index in [1.807, 2.05) is 56.3 Å². The summed E-state index contributed by atoms with van der Waals surface area (Å²) in [4.78, 5) is 17.9. The second-order valence-corrected chi connectivity index (χ2v) is 7.21. The van der Waals surface area contributed by atoms with E-state index in [1.54, 1.807) is 0 Å². The van der Waals surface area contributed by atoms with Crippen molar-refractivity contribution in [3.63, 3.8) is 0 Å². The summed E-state index contributed by atoms with van der Waals surface area (Å²) in [5, 5.41) is 29.6. The maximum Gasteiger partial charge on any atom is 0.277 e. The van der Waals surface area contributed by atoms with Crippen LogP contribution in [0.3, 0.4) is 0 Å². The van der Waals surface area contributed by atoms with Crippen molar-refractivity contribution < 1.29 is 20.1 Å². The first-order valence-corrected chi connectivity index (χ1v) is 9.13.